The minimum atomic E-state index is 0.0611. The van der Waals surface area contributed by atoms with Crippen molar-refractivity contribution in [3.05, 3.63) is 71.4 Å². The number of aromatic nitrogens is 2. The Bertz CT molecular complexity index is 1120. The van der Waals surface area contributed by atoms with Crippen molar-refractivity contribution in [1.82, 2.24) is 20.2 Å². The number of hydrogen-bond donors (Lipinski definition) is 2. The highest BCUT2D eigenvalue weighted by Crippen LogP contribution is 2.28. The van der Waals surface area contributed by atoms with Crippen LogP contribution < -0.4 is 10.6 Å². The third-order valence-electron chi connectivity index (χ3n) is 5.54. The molecule has 2 aliphatic rings. The lowest BCUT2D eigenvalue weighted by Gasteiger charge is -2.39. The summed E-state index contributed by atoms with van der Waals surface area (Å²) >= 11 is 0. The fraction of sp³-hybridized carbons (Fsp3) is 0.217. The Hall–Kier alpha value is -3.58. The van der Waals surface area contributed by atoms with Crippen LogP contribution in [0.4, 0.5) is 11.6 Å². The maximum absolute atomic E-state index is 12.5. The highest BCUT2D eigenvalue weighted by molar-refractivity contribution is 5.95. The predicted octanol–water partition coefficient (Wildman–Crippen LogP) is 2.86. The number of anilines is 2. The zero-order valence-corrected chi connectivity index (χ0v) is 16.7. The van der Waals surface area contributed by atoms with E-state index in [0.717, 1.165) is 41.2 Å². The number of carbonyl (C=O) groups excluding carboxylic acids is 1. The molecule has 0 bridgehead atoms. The van der Waals surface area contributed by atoms with Gasteiger partial charge in [0.15, 0.2) is 0 Å². The van der Waals surface area contributed by atoms with E-state index >= 15 is 0 Å². The van der Waals surface area contributed by atoms with Crippen LogP contribution in [-0.4, -0.2) is 53.2 Å². The van der Waals surface area contributed by atoms with Crippen molar-refractivity contribution in [2.75, 3.05) is 25.5 Å². The molecule has 0 spiro atoms. The third-order valence-corrected chi connectivity index (χ3v) is 5.54. The van der Waals surface area contributed by atoms with Crippen molar-refractivity contribution < 1.29 is 4.79 Å². The van der Waals surface area contributed by atoms with E-state index in [1.54, 1.807) is 0 Å². The van der Waals surface area contributed by atoms with E-state index < -0.39 is 0 Å². The monoisotopic (exact) mass is 398 g/mol. The molecule has 5 rings (SSSR count). The summed E-state index contributed by atoms with van der Waals surface area (Å²) in [7, 11) is 1.92. The average molecular weight is 398 g/mol. The Balaban J connectivity index is 1.34. The molecule has 3 aromatic rings. The molecule has 0 saturated carbocycles. The summed E-state index contributed by atoms with van der Waals surface area (Å²) in [6, 6.07) is 15.9. The van der Waals surface area contributed by atoms with E-state index in [4.69, 9.17) is 4.98 Å². The number of hydrogen-bond acceptors (Lipinski definition) is 6. The van der Waals surface area contributed by atoms with Crippen molar-refractivity contribution >= 4 is 23.8 Å². The first-order chi connectivity index (χ1) is 14.7. The first-order valence-corrected chi connectivity index (χ1v) is 10.00. The van der Waals surface area contributed by atoms with Gasteiger partial charge in [0.25, 0.3) is 5.91 Å². The average Bonchev–Trinajstić information content (AvgIpc) is 2.93. The molecule has 2 aliphatic heterocycles. The number of likely N-dealkylation sites (N-methyl/N-ethyl adjacent to an activating group) is 1. The molecule has 30 heavy (non-hydrogen) atoms. The Labute approximate surface area is 174 Å². The van der Waals surface area contributed by atoms with Gasteiger partial charge in [-0.25, -0.2) is 9.97 Å². The van der Waals surface area contributed by atoms with Gasteiger partial charge in [-0.3, -0.25) is 9.79 Å². The Morgan fingerprint density at radius 1 is 1.10 bits per heavy atom. The first kappa shape index (κ1) is 18.4. The number of fused-ring (bicyclic) bond motifs is 3. The molecule has 7 nitrogen and oxygen atoms in total. The van der Waals surface area contributed by atoms with E-state index in [1.807, 2.05) is 66.8 Å². The van der Waals surface area contributed by atoms with Crippen LogP contribution in [0.2, 0.25) is 0 Å². The summed E-state index contributed by atoms with van der Waals surface area (Å²) in [5.74, 6) is 0.579. The zero-order chi connectivity index (χ0) is 20.5. The number of likely N-dealkylation sites (tertiary alicyclic amines) is 1. The molecule has 1 aromatic heterocycles. The van der Waals surface area contributed by atoms with Gasteiger partial charge in [-0.2, -0.15) is 0 Å². The predicted molar refractivity (Wildman–Crippen MR) is 117 cm³/mol. The van der Waals surface area contributed by atoms with Crippen LogP contribution in [0, 0.1) is 0 Å². The second-order valence-electron chi connectivity index (χ2n) is 7.52. The molecule has 2 N–H and O–H groups in total. The normalized spacial score (nSPS) is 15.0. The van der Waals surface area contributed by atoms with Gasteiger partial charge < -0.3 is 15.5 Å². The lowest BCUT2D eigenvalue weighted by Crippen LogP contribution is -2.58. The topological polar surface area (TPSA) is 82.5 Å². The van der Waals surface area contributed by atoms with Gasteiger partial charge in [0, 0.05) is 59.5 Å². The number of aliphatic imine (C=N–C) groups is 1. The largest absolute Gasteiger partial charge is 0.335 e. The van der Waals surface area contributed by atoms with Crippen molar-refractivity contribution in [2.24, 2.45) is 4.99 Å². The van der Waals surface area contributed by atoms with Gasteiger partial charge in [-0.15, -0.1) is 0 Å². The quantitative estimate of drug-likeness (QED) is 0.706. The summed E-state index contributed by atoms with van der Waals surface area (Å²) in [6.45, 7) is 2.07. The molecule has 1 saturated heterocycles. The van der Waals surface area contributed by atoms with Crippen LogP contribution in [-0.2, 0) is 6.54 Å². The van der Waals surface area contributed by atoms with Crippen LogP contribution >= 0.6 is 0 Å². The van der Waals surface area contributed by atoms with E-state index in [9.17, 15) is 4.79 Å². The third kappa shape index (κ3) is 3.44. The minimum Gasteiger partial charge on any atom is -0.335 e. The van der Waals surface area contributed by atoms with Crippen molar-refractivity contribution in [3.8, 4) is 11.3 Å². The maximum atomic E-state index is 12.5. The minimum absolute atomic E-state index is 0.0611. The SMILES string of the molecule is CNC1CN(C(=O)c2ccc(Nc3ncc4c(n3)-c3ccccc3C=NC4)cc2)C1. The second-order valence-corrected chi connectivity index (χ2v) is 7.52. The summed E-state index contributed by atoms with van der Waals surface area (Å²) in [5.41, 5.74) is 5.51. The molecular weight excluding hydrogens is 376 g/mol. The highest BCUT2D eigenvalue weighted by Gasteiger charge is 2.29. The number of amides is 1. The maximum Gasteiger partial charge on any atom is 0.253 e. The summed E-state index contributed by atoms with van der Waals surface area (Å²) in [6.07, 6.45) is 3.71. The van der Waals surface area contributed by atoms with Crippen molar-refractivity contribution in [3.63, 3.8) is 0 Å². The van der Waals surface area contributed by atoms with Crippen LogP contribution in [0.25, 0.3) is 11.3 Å². The van der Waals surface area contributed by atoms with Crippen LogP contribution in [0.3, 0.4) is 0 Å². The molecule has 0 radical (unpaired) electrons. The summed E-state index contributed by atoms with van der Waals surface area (Å²) in [4.78, 5) is 28.0. The number of carbonyl (C=O) groups is 1. The van der Waals surface area contributed by atoms with E-state index in [-0.39, 0.29) is 5.91 Å². The van der Waals surface area contributed by atoms with Gasteiger partial charge in [0.2, 0.25) is 5.95 Å². The fourth-order valence-corrected chi connectivity index (χ4v) is 3.72. The fourth-order valence-electron chi connectivity index (χ4n) is 3.72. The molecule has 1 amide bonds. The molecule has 150 valence electrons. The van der Waals surface area contributed by atoms with Gasteiger partial charge in [-0.1, -0.05) is 24.3 Å². The van der Waals surface area contributed by atoms with Gasteiger partial charge in [-0.05, 0) is 31.3 Å². The molecule has 0 aliphatic carbocycles. The van der Waals surface area contributed by atoms with E-state index in [1.165, 1.54) is 0 Å². The van der Waals surface area contributed by atoms with Gasteiger partial charge >= 0.3 is 0 Å². The Morgan fingerprint density at radius 3 is 2.70 bits per heavy atom. The molecule has 1 fully saturated rings. The zero-order valence-electron chi connectivity index (χ0n) is 16.7. The second kappa shape index (κ2) is 7.68. The standard InChI is InChI=1S/C23H22N6O/c1-24-19-13-29(14-19)22(30)15-6-8-18(9-7-15)27-23-26-12-17-11-25-10-16-4-2-3-5-20(16)21(17)28-23/h2-10,12,19,24H,11,13-14H2,1H3,(H,26,27,28). The Morgan fingerprint density at radius 2 is 1.90 bits per heavy atom. The molecule has 3 heterocycles. The molecule has 2 aromatic carbocycles. The number of nitrogens with one attached hydrogen (secondary N) is 2. The molecular formula is C23H22N6O. The van der Waals surface area contributed by atoms with E-state index in [0.29, 0.717) is 24.1 Å². The molecule has 0 atom stereocenters. The first-order valence-electron chi connectivity index (χ1n) is 10.00. The van der Waals surface area contributed by atoms with E-state index in [2.05, 4.69) is 26.7 Å². The molecule has 7 heteroatoms. The van der Waals surface area contributed by atoms with Crippen molar-refractivity contribution in [1.29, 1.82) is 0 Å². The van der Waals surface area contributed by atoms with Crippen LogP contribution in [0.15, 0.2) is 59.7 Å². The van der Waals surface area contributed by atoms with Crippen LogP contribution in [0.5, 0.6) is 0 Å². The van der Waals surface area contributed by atoms with Crippen molar-refractivity contribution in [2.45, 2.75) is 12.6 Å². The number of nitrogens with zero attached hydrogens (tertiary/aromatic N) is 4. The lowest BCUT2D eigenvalue weighted by atomic mass is 10.0. The smallest absolute Gasteiger partial charge is 0.253 e. The Kier molecular flexibility index (Phi) is 4.72. The molecule has 0 unspecified atom stereocenters. The summed E-state index contributed by atoms with van der Waals surface area (Å²) < 4.78 is 0. The van der Waals surface area contributed by atoms with Gasteiger partial charge in [0.05, 0.1) is 12.2 Å². The lowest BCUT2D eigenvalue weighted by molar-refractivity contribution is 0.0577. The highest BCUT2D eigenvalue weighted by atomic mass is 16.2. The van der Waals surface area contributed by atoms with Crippen LogP contribution in [0.1, 0.15) is 21.5 Å². The number of rotatable bonds is 4. The van der Waals surface area contributed by atoms with Gasteiger partial charge in [0.1, 0.15) is 0 Å². The number of benzene rings is 2. The summed E-state index contributed by atoms with van der Waals surface area (Å²) in [5, 5.41) is 6.43.